The Hall–Kier alpha value is -0.960. The van der Waals surface area contributed by atoms with Crippen molar-refractivity contribution in [2.24, 2.45) is 0 Å². The van der Waals surface area contributed by atoms with E-state index in [2.05, 4.69) is 15.9 Å². The van der Waals surface area contributed by atoms with Gasteiger partial charge < -0.3 is 4.42 Å². The molecule has 0 aliphatic carbocycles. The Labute approximate surface area is 122 Å². The van der Waals surface area contributed by atoms with Crippen molar-refractivity contribution in [3.8, 4) is 11.3 Å². The number of rotatable bonds is 1. The van der Waals surface area contributed by atoms with Crippen molar-refractivity contribution in [2.45, 2.75) is 0 Å². The Morgan fingerprint density at radius 3 is 2.50 bits per heavy atom. The molecule has 18 heavy (non-hydrogen) atoms. The monoisotopic (exact) mass is 340 g/mol. The molecule has 1 aromatic heterocycles. The lowest BCUT2D eigenvalue weighted by molar-refractivity contribution is 0.631. The minimum absolute atomic E-state index is 0.499. The maximum absolute atomic E-state index is 5.99. The predicted molar refractivity (Wildman–Crippen MR) is 79.4 cm³/mol. The highest BCUT2D eigenvalue weighted by molar-refractivity contribution is 9.10. The molecule has 3 rings (SSSR count). The molecule has 0 aliphatic heterocycles. The Balaban J connectivity index is 2.19. The highest BCUT2D eigenvalue weighted by Gasteiger charge is 2.09. The predicted octanol–water partition coefficient (Wildman–Crippen LogP) is 6.17. The number of halogens is 3. The van der Waals surface area contributed by atoms with Gasteiger partial charge in [0.1, 0.15) is 11.3 Å². The van der Waals surface area contributed by atoms with Crippen LogP contribution in [-0.4, -0.2) is 0 Å². The van der Waals surface area contributed by atoms with Crippen LogP contribution in [0, 0.1) is 0 Å². The third-order valence-electron chi connectivity index (χ3n) is 2.67. The molecule has 0 unspecified atom stereocenters. The standard InChI is InChI=1S/C14H7BrCl2O/c15-10-3-1-2-8(4-10)13-6-9-5-11(16)12(17)7-14(9)18-13/h1-7H. The molecule has 4 heteroatoms. The van der Waals surface area contributed by atoms with Crippen LogP contribution in [0.4, 0.5) is 0 Å². The lowest BCUT2D eigenvalue weighted by Crippen LogP contribution is -1.72. The van der Waals surface area contributed by atoms with Gasteiger partial charge in [-0.15, -0.1) is 0 Å². The van der Waals surface area contributed by atoms with E-state index in [1.807, 2.05) is 36.4 Å². The first-order chi connectivity index (χ1) is 8.63. The fourth-order valence-corrected chi connectivity index (χ4v) is 2.54. The average molecular weight is 342 g/mol. The molecule has 1 nitrogen and oxygen atoms in total. The van der Waals surface area contributed by atoms with Gasteiger partial charge in [-0.05, 0) is 24.3 Å². The quantitative estimate of drug-likeness (QED) is 0.516. The van der Waals surface area contributed by atoms with Gasteiger partial charge in [0.25, 0.3) is 0 Å². The van der Waals surface area contributed by atoms with Crippen molar-refractivity contribution in [3.05, 3.63) is 57.0 Å². The summed E-state index contributed by atoms with van der Waals surface area (Å²) in [5.41, 5.74) is 1.74. The van der Waals surface area contributed by atoms with Gasteiger partial charge in [0.15, 0.2) is 0 Å². The number of fused-ring (bicyclic) bond motifs is 1. The second-order valence-corrected chi connectivity index (χ2v) is 5.66. The molecule has 90 valence electrons. The van der Waals surface area contributed by atoms with E-state index in [-0.39, 0.29) is 0 Å². The lowest BCUT2D eigenvalue weighted by Gasteiger charge is -1.96. The molecule has 0 aliphatic rings. The summed E-state index contributed by atoms with van der Waals surface area (Å²) in [6, 6.07) is 13.4. The lowest BCUT2D eigenvalue weighted by atomic mass is 10.1. The highest BCUT2D eigenvalue weighted by atomic mass is 79.9. The van der Waals surface area contributed by atoms with Gasteiger partial charge in [-0.2, -0.15) is 0 Å². The smallest absolute Gasteiger partial charge is 0.136 e. The molecule has 1 heterocycles. The van der Waals surface area contributed by atoms with Crippen molar-refractivity contribution in [3.63, 3.8) is 0 Å². The largest absolute Gasteiger partial charge is 0.456 e. The molecule has 0 amide bonds. The van der Waals surface area contributed by atoms with E-state index in [4.69, 9.17) is 27.6 Å². The van der Waals surface area contributed by atoms with Crippen LogP contribution >= 0.6 is 39.1 Å². The summed E-state index contributed by atoms with van der Waals surface area (Å²) in [5, 5.41) is 1.98. The molecule has 0 saturated carbocycles. The third kappa shape index (κ3) is 2.16. The van der Waals surface area contributed by atoms with Gasteiger partial charge in [-0.1, -0.05) is 51.3 Å². The minimum Gasteiger partial charge on any atom is -0.456 e. The SMILES string of the molecule is Clc1cc2cc(-c3cccc(Br)c3)oc2cc1Cl. The molecule has 3 aromatic rings. The summed E-state index contributed by atoms with van der Waals surface area (Å²) in [4.78, 5) is 0. The minimum atomic E-state index is 0.499. The molecule has 0 N–H and O–H groups in total. The number of hydrogen-bond acceptors (Lipinski definition) is 1. The van der Waals surface area contributed by atoms with Crippen molar-refractivity contribution < 1.29 is 4.42 Å². The van der Waals surface area contributed by atoms with E-state index in [9.17, 15) is 0 Å². The van der Waals surface area contributed by atoms with Crippen LogP contribution < -0.4 is 0 Å². The summed E-state index contributed by atoms with van der Waals surface area (Å²) in [6.45, 7) is 0. The first kappa shape index (κ1) is 12.1. The van der Waals surface area contributed by atoms with E-state index in [0.29, 0.717) is 10.0 Å². The van der Waals surface area contributed by atoms with E-state index < -0.39 is 0 Å². The van der Waals surface area contributed by atoms with Gasteiger partial charge in [0, 0.05) is 21.5 Å². The van der Waals surface area contributed by atoms with Gasteiger partial charge >= 0.3 is 0 Å². The zero-order valence-corrected chi connectivity index (χ0v) is 12.2. The molecule has 0 saturated heterocycles. The topological polar surface area (TPSA) is 13.1 Å². The van der Waals surface area contributed by atoms with Crippen LogP contribution in [0.1, 0.15) is 0 Å². The van der Waals surface area contributed by atoms with Crippen molar-refractivity contribution in [2.75, 3.05) is 0 Å². The van der Waals surface area contributed by atoms with Crippen molar-refractivity contribution in [1.29, 1.82) is 0 Å². The van der Waals surface area contributed by atoms with Crippen LogP contribution in [0.25, 0.3) is 22.3 Å². The fourth-order valence-electron chi connectivity index (χ4n) is 1.82. The Morgan fingerprint density at radius 1 is 0.944 bits per heavy atom. The second-order valence-electron chi connectivity index (χ2n) is 3.93. The fraction of sp³-hybridized carbons (Fsp3) is 0. The molecular weight excluding hydrogens is 335 g/mol. The maximum atomic E-state index is 5.99. The van der Waals surface area contributed by atoms with E-state index in [0.717, 1.165) is 26.8 Å². The van der Waals surface area contributed by atoms with Crippen LogP contribution in [0.3, 0.4) is 0 Å². The molecule has 0 bridgehead atoms. The third-order valence-corrected chi connectivity index (χ3v) is 3.88. The summed E-state index contributed by atoms with van der Waals surface area (Å²) in [6.07, 6.45) is 0. The second kappa shape index (κ2) is 4.61. The Bertz CT molecular complexity index is 695. The maximum Gasteiger partial charge on any atom is 0.136 e. The van der Waals surface area contributed by atoms with Crippen molar-refractivity contribution in [1.82, 2.24) is 0 Å². The van der Waals surface area contributed by atoms with E-state index >= 15 is 0 Å². The molecular formula is C14H7BrCl2O. The van der Waals surface area contributed by atoms with Crippen LogP contribution in [-0.2, 0) is 0 Å². The summed E-state index contributed by atoms with van der Waals surface area (Å²) < 4.78 is 6.79. The van der Waals surface area contributed by atoms with Crippen LogP contribution in [0.2, 0.25) is 10.0 Å². The normalized spacial score (nSPS) is 11.1. The Morgan fingerprint density at radius 2 is 1.72 bits per heavy atom. The van der Waals surface area contributed by atoms with E-state index in [1.54, 1.807) is 6.07 Å². The Kier molecular flexibility index (Phi) is 3.10. The van der Waals surface area contributed by atoms with Gasteiger partial charge in [0.05, 0.1) is 10.0 Å². The average Bonchev–Trinajstić information content (AvgIpc) is 2.73. The first-order valence-corrected chi connectivity index (χ1v) is 6.83. The molecule has 0 atom stereocenters. The van der Waals surface area contributed by atoms with Crippen LogP contribution in [0.15, 0.2) is 51.4 Å². The van der Waals surface area contributed by atoms with Gasteiger partial charge in [0.2, 0.25) is 0 Å². The highest BCUT2D eigenvalue weighted by Crippen LogP contribution is 2.33. The number of furan rings is 1. The number of benzene rings is 2. The summed E-state index contributed by atoms with van der Waals surface area (Å²) in [5.74, 6) is 0.796. The van der Waals surface area contributed by atoms with Gasteiger partial charge in [-0.3, -0.25) is 0 Å². The first-order valence-electron chi connectivity index (χ1n) is 5.28. The molecule has 0 radical (unpaired) electrons. The zero-order chi connectivity index (χ0) is 12.7. The van der Waals surface area contributed by atoms with E-state index in [1.165, 1.54) is 0 Å². The zero-order valence-electron chi connectivity index (χ0n) is 9.08. The van der Waals surface area contributed by atoms with Gasteiger partial charge in [-0.25, -0.2) is 0 Å². The van der Waals surface area contributed by atoms with Crippen molar-refractivity contribution >= 4 is 50.1 Å². The molecule has 2 aromatic carbocycles. The molecule has 0 fully saturated rings. The van der Waals surface area contributed by atoms with Crippen LogP contribution in [0.5, 0.6) is 0 Å². The number of hydrogen-bond donors (Lipinski definition) is 0. The molecule has 0 spiro atoms. The summed E-state index contributed by atoms with van der Waals surface area (Å²) >= 11 is 15.4. The summed E-state index contributed by atoms with van der Waals surface area (Å²) in [7, 11) is 0.